The van der Waals surface area contributed by atoms with Crippen LogP contribution < -0.4 is 20.1 Å². The minimum atomic E-state index is -0.204. The van der Waals surface area contributed by atoms with E-state index in [0.717, 1.165) is 47.8 Å². The molecule has 1 fully saturated rings. The molecule has 188 valence electrons. The van der Waals surface area contributed by atoms with Crippen molar-refractivity contribution in [3.05, 3.63) is 59.3 Å². The topological polar surface area (TPSA) is 125 Å². The Balaban J connectivity index is 1.58. The molecule has 37 heavy (non-hydrogen) atoms. The number of rotatable bonds is 7. The van der Waals surface area contributed by atoms with E-state index in [-0.39, 0.29) is 12.0 Å². The van der Waals surface area contributed by atoms with Gasteiger partial charge in [0, 0.05) is 24.4 Å². The molecule has 0 saturated heterocycles. The van der Waals surface area contributed by atoms with E-state index in [4.69, 9.17) is 19.4 Å². The number of hydrogen-bond acceptors (Lipinski definition) is 7. The molecule has 0 aliphatic heterocycles. The van der Waals surface area contributed by atoms with Crippen molar-refractivity contribution in [3.63, 3.8) is 0 Å². The quantitative estimate of drug-likeness (QED) is 0.320. The third-order valence-electron chi connectivity index (χ3n) is 6.69. The molecular formula is C28H28N6O3. The average Bonchev–Trinajstić information content (AvgIpc) is 3.59. The van der Waals surface area contributed by atoms with Gasteiger partial charge in [0.05, 0.1) is 29.8 Å². The van der Waals surface area contributed by atoms with Gasteiger partial charge in [0.1, 0.15) is 17.5 Å². The lowest BCUT2D eigenvalue weighted by atomic mass is 10.0. The van der Waals surface area contributed by atoms with E-state index < -0.39 is 0 Å². The van der Waals surface area contributed by atoms with Crippen LogP contribution in [0.2, 0.25) is 0 Å². The number of carbonyl (C=O) groups excluding carboxylic acids is 1. The van der Waals surface area contributed by atoms with Crippen LogP contribution in [0.5, 0.6) is 11.6 Å². The highest BCUT2D eigenvalue weighted by atomic mass is 16.5. The van der Waals surface area contributed by atoms with Crippen molar-refractivity contribution in [1.82, 2.24) is 20.3 Å². The monoisotopic (exact) mass is 496 g/mol. The SMILES string of the molecule is CNC(=O)c1ccc(Nc2nc(OC3CCCC3)c3c(-c4ccc(C)c(C#N)c4)c[nH]c3n2)c(OC)c1. The molecule has 0 bridgehead atoms. The second-order valence-corrected chi connectivity index (χ2v) is 9.06. The Morgan fingerprint density at radius 3 is 2.70 bits per heavy atom. The zero-order valence-electron chi connectivity index (χ0n) is 21.0. The van der Waals surface area contributed by atoms with Crippen LogP contribution in [0.1, 0.15) is 47.2 Å². The fourth-order valence-corrected chi connectivity index (χ4v) is 4.64. The summed E-state index contributed by atoms with van der Waals surface area (Å²) < 4.78 is 11.9. The molecule has 1 amide bonds. The number of nitriles is 1. The zero-order valence-corrected chi connectivity index (χ0v) is 21.0. The van der Waals surface area contributed by atoms with Crippen LogP contribution in [0.4, 0.5) is 11.6 Å². The lowest BCUT2D eigenvalue weighted by Crippen LogP contribution is -2.17. The first-order valence-electron chi connectivity index (χ1n) is 12.2. The van der Waals surface area contributed by atoms with Crippen molar-refractivity contribution < 1.29 is 14.3 Å². The third-order valence-corrected chi connectivity index (χ3v) is 6.69. The van der Waals surface area contributed by atoms with Gasteiger partial charge in [-0.3, -0.25) is 4.79 Å². The van der Waals surface area contributed by atoms with Crippen molar-refractivity contribution in [3.8, 4) is 28.8 Å². The number of fused-ring (bicyclic) bond motifs is 1. The fraction of sp³-hybridized carbons (Fsp3) is 0.286. The molecule has 2 aromatic carbocycles. The molecule has 0 spiro atoms. The van der Waals surface area contributed by atoms with E-state index in [2.05, 4.69) is 21.7 Å². The summed E-state index contributed by atoms with van der Waals surface area (Å²) >= 11 is 0. The van der Waals surface area contributed by atoms with E-state index in [1.165, 1.54) is 0 Å². The molecule has 0 radical (unpaired) electrons. The normalized spacial score (nSPS) is 13.4. The fourth-order valence-electron chi connectivity index (χ4n) is 4.64. The van der Waals surface area contributed by atoms with Crippen molar-refractivity contribution in [2.75, 3.05) is 19.5 Å². The first-order valence-corrected chi connectivity index (χ1v) is 12.2. The molecule has 9 heteroatoms. The van der Waals surface area contributed by atoms with E-state index >= 15 is 0 Å². The number of aromatic nitrogens is 3. The predicted molar refractivity (Wildman–Crippen MR) is 141 cm³/mol. The van der Waals surface area contributed by atoms with Gasteiger partial charge in [-0.2, -0.15) is 15.2 Å². The van der Waals surface area contributed by atoms with Crippen LogP contribution in [0, 0.1) is 18.3 Å². The van der Waals surface area contributed by atoms with Gasteiger partial charge >= 0.3 is 0 Å². The molecule has 2 aromatic heterocycles. The summed E-state index contributed by atoms with van der Waals surface area (Å²) in [5.41, 5.74) is 5.02. The van der Waals surface area contributed by atoms with Crippen molar-refractivity contribution in [2.24, 2.45) is 0 Å². The Bertz CT molecular complexity index is 1510. The maximum atomic E-state index is 12.0. The summed E-state index contributed by atoms with van der Waals surface area (Å²) in [7, 11) is 3.12. The minimum absolute atomic E-state index is 0.0859. The summed E-state index contributed by atoms with van der Waals surface area (Å²) in [6.45, 7) is 1.92. The molecule has 9 nitrogen and oxygen atoms in total. The number of nitrogens with one attached hydrogen (secondary N) is 3. The first-order chi connectivity index (χ1) is 18.0. The van der Waals surface area contributed by atoms with Crippen LogP contribution in [0.3, 0.4) is 0 Å². The largest absolute Gasteiger partial charge is 0.495 e. The van der Waals surface area contributed by atoms with Crippen LogP contribution in [0.25, 0.3) is 22.2 Å². The summed E-state index contributed by atoms with van der Waals surface area (Å²) in [4.78, 5) is 24.8. The Hall–Kier alpha value is -4.58. The van der Waals surface area contributed by atoms with Crippen LogP contribution >= 0.6 is 0 Å². The Labute approximate surface area is 214 Å². The van der Waals surface area contributed by atoms with Gasteiger partial charge in [-0.1, -0.05) is 12.1 Å². The molecule has 1 saturated carbocycles. The van der Waals surface area contributed by atoms with Gasteiger partial charge in [-0.15, -0.1) is 0 Å². The smallest absolute Gasteiger partial charge is 0.251 e. The van der Waals surface area contributed by atoms with E-state index in [0.29, 0.717) is 40.0 Å². The van der Waals surface area contributed by atoms with Crippen molar-refractivity contribution in [1.29, 1.82) is 5.26 Å². The van der Waals surface area contributed by atoms with Gasteiger partial charge in [0.2, 0.25) is 11.8 Å². The zero-order chi connectivity index (χ0) is 25.9. The minimum Gasteiger partial charge on any atom is -0.495 e. The molecule has 1 aliphatic carbocycles. The lowest BCUT2D eigenvalue weighted by molar-refractivity contribution is 0.0962. The number of benzene rings is 2. The number of carbonyl (C=O) groups is 1. The number of hydrogen-bond donors (Lipinski definition) is 3. The Kier molecular flexibility index (Phi) is 6.64. The third kappa shape index (κ3) is 4.78. The number of aromatic amines is 1. The van der Waals surface area contributed by atoms with Gasteiger partial charge in [-0.05, 0) is 68.0 Å². The molecule has 0 unspecified atom stereocenters. The maximum absolute atomic E-state index is 12.0. The van der Waals surface area contributed by atoms with Crippen molar-refractivity contribution >= 4 is 28.6 Å². The number of ether oxygens (including phenoxy) is 2. The Morgan fingerprint density at radius 1 is 1.16 bits per heavy atom. The van der Waals surface area contributed by atoms with Gasteiger partial charge in [0.15, 0.2) is 0 Å². The van der Waals surface area contributed by atoms with Crippen LogP contribution in [0.15, 0.2) is 42.6 Å². The second-order valence-electron chi connectivity index (χ2n) is 9.06. The molecule has 5 rings (SSSR count). The lowest BCUT2D eigenvalue weighted by Gasteiger charge is -2.16. The molecular weight excluding hydrogens is 468 g/mol. The molecule has 0 atom stereocenters. The highest BCUT2D eigenvalue weighted by molar-refractivity contribution is 5.98. The second kappa shape index (κ2) is 10.2. The summed E-state index contributed by atoms with van der Waals surface area (Å²) in [5, 5.41) is 16.1. The summed E-state index contributed by atoms with van der Waals surface area (Å²) in [5.74, 6) is 1.10. The predicted octanol–water partition coefficient (Wildman–Crippen LogP) is 5.24. The number of H-pyrrole nitrogens is 1. The molecule has 4 aromatic rings. The van der Waals surface area contributed by atoms with E-state index in [9.17, 15) is 10.1 Å². The van der Waals surface area contributed by atoms with E-state index in [1.54, 1.807) is 32.4 Å². The molecule has 1 aliphatic rings. The van der Waals surface area contributed by atoms with E-state index in [1.807, 2.05) is 31.3 Å². The highest BCUT2D eigenvalue weighted by Gasteiger charge is 2.23. The number of methoxy groups -OCH3 is 1. The standard InChI is InChI=1S/C28H28N6O3/c1-16-8-9-17(12-19(16)14-29)21-15-31-25-24(21)27(37-20-6-4-5-7-20)34-28(33-25)32-22-11-10-18(26(35)30-2)13-23(22)36-3/h8-13,15,20H,4-7H2,1-3H3,(H,30,35)(H2,31,32,33,34). The Morgan fingerprint density at radius 2 is 1.97 bits per heavy atom. The van der Waals surface area contributed by atoms with Crippen LogP contribution in [-0.4, -0.2) is 41.1 Å². The molecule has 2 heterocycles. The summed E-state index contributed by atoms with van der Waals surface area (Å²) in [6.07, 6.45) is 6.17. The highest BCUT2D eigenvalue weighted by Crippen LogP contribution is 2.38. The van der Waals surface area contributed by atoms with Crippen molar-refractivity contribution in [2.45, 2.75) is 38.7 Å². The van der Waals surface area contributed by atoms with Gasteiger partial charge < -0.3 is 25.1 Å². The number of amides is 1. The first kappa shape index (κ1) is 24.1. The number of nitrogens with zero attached hydrogens (tertiary/aromatic N) is 3. The van der Waals surface area contributed by atoms with Gasteiger partial charge in [-0.25, -0.2) is 0 Å². The number of aryl methyl sites for hydroxylation is 1. The van der Waals surface area contributed by atoms with Gasteiger partial charge in [0.25, 0.3) is 5.91 Å². The molecule has 3 N–H and O–H groups in total. The van der Waals surface area contributed by atoms with Crippen LogP contribution in [-0.2, 0) is 0 Å². The average molecular weight is 497 g/mol. The summed E-state index contributed by atoms with van der Waals surface area (Å²) in [6, 6.07) is 13.2. The maximum Gasteiger partial charge on any atom is 0.251 e. The number of anilines is 2.